The number of carboxylic acids is 1. The number of nitrogens with one attached hydrogen (secondary N) is 2. The average molecular weight is 400 g/mol. The Balaban J connectivity index is 2.01. The van der Waals surface area contributed by atoms with E-state index in [0.717, 1.165) is 6.54 Å². The zero-order valence-corrected chi connectivity index (χ0v) is 16.2. The molecule has 0 aliphatic carbocycles. The van der Waals surface area contributed by atoms with E-state index in [0.29, 0.717) is 41.6 Å². The molecule has 0 bridgehead atoms. The molecule has 28 heavy (non-hydrogen) atoms. The van der Waals surface area contributed by atoms with Crippen molar-refractivity contribution in [1.82, 2.24) is 10.6 Å². The highest BCUT2D eigenvalue weighted by atomic mass is 35.5. The molecule has 3 unspecified atom stereocenters. The van der Waals surface area contributed by atoms with Gasteiger partial charge in [-0.3, -0.25) is 4.79 Å². The van der Waals surface area contributed by atoms with E-state index in [-0.39, 0.29) is 0 Å². The summed E-state index contributed by atoms with van der Waals surface area (Å²) >= 11 is 6.64. The first kappa shape index (κ1) is 18.9. The van der Waals surface area contributed by atoms with Crippen LogP contribution >= 0.6 is 11.6 Å². The quantitative estimate of drug-likeness (QED) is 0.688. The van der Waals surface area contributed by atoms with Gasteiger partial charge in [-0.15, -0.1) is 11.6 Å². The normalized spacial score (nSPS) is 21.8. The van der Waals surface area contributed by atoms with Gasteiger partial charge >= 0.3 is 5.97 Å². The maximum Gasteiger partial charge on any atom is 0.318 e. The number of ether oxygens (including phenoxy) is 1. The van der Waals surface area contributed by atoms with Crippen LogP contribution in [0.15, 0.2) is 53.5 Å². The van der Waals surface area contributed by atoms with E-state index in [9.17, 15) is 9.90 Å². The third-order valence-electron chi connectivity index (χ3n) is 5.42. The number of hydrogen-bond donors (Lipinski definition) is 3. The fourth-order valence-corrected chi connectivity index (χ4v) is 4.38. The zero-order chi connectivity index (χ0) is 19.7. The van der Waals surface area contributed by atoms with E-state index in [2.05, 4.69) is 10.6 Å². The summed E-state index contributed by atoms with van der Waals surface area (Å²) in [6, 6.07) is 14.3. The Morgan fingerprint density at radius 3 is 2.61 bits per heavy atom. The Morgan fingerprint density at radius 1 is 1.21 bits per heavy atom. The number of halogens is 1. The number of alkyl halides is 1. The van der Waals surface area contributed by atoms with Crippen molar-refractivity contribution in [3.63, 3.8) is 0 Å². The lowest BCUT2D eigenvalue weighted by Crippen LogP contribution is -2.65. The second-order valence-corrected chi connectivity index (χ2v) is 7.68. The number of piperazine rings is 1. The van der Waals surface area contributed by atoms with E-state index < -0.39 is 22.8 Å². The minimum Gasteiger partial charge on any atom is -0.480 e. The second kappa shape index (κ2) is 7.54. The summed E-state index contributed by atoms with van der Waals surface area (Å²) in [6.07, 6.45) is 0. The fraction of sp³-hybridized carbons (Fsp3) is 0.333. The molecule has 3 N–H and O–H groups in total. The molecule has 2 aliphatic heterocycles. The van der Waals surface area contributed by atoms with Crippen LogP contribution in [0.25, 0.3) is 0 Å². The molecule has 2 heterocycles. The molecule has 1 fully saturated rings. The summed E-state index contributed by atoms with van der Waals surface area (Å²) in [6.45, 7) is 3.63. The van der Waals surface area contributed by atoms with Crippen LogP contribution in [0, 0.1) is 5.41 Å². The van der Waals surface area contributed by atoms with Crippen LogP contribution in [-0.4, -0.2) is 47.8 Å². The van der Waals surface area contributed by atoms with Gasteiger partial charge in [0.25, 0.3) is 0 Å². The molecule has 146 valence electrons. The number of fused-ring (bicyclic) bond motifs is 2. The lowest BCUT2D eigenvalue weighted by molar-refractivity contribution is -0.146. The molecule has 2 aromatic carbocycles. The van der Waals surface area contributed by atoms with Crippen molar-refractivity contribution in [1.29, 1.82) is 0 Å². The first-order valence-corrected chi connectivity index (χ1v) is 9.75. The fourth-order valence-electron chi connectivity index (χ4n) is 4.03. The van der Waals surface area contributed by atoms with Crippen molar-refractivity contribution >= 4 is 29.0 Å². The smallest absolute Gasteiger partial charge is 0.318 e. The van der Waals surface area contributed by atoms with E-state index in [1.54, 1.807) is 6.92 Å². The Morgan fingerprint density at radius 2 is 1.93 bits per heavy atom. The SMILES string of the molecule is CC(Cl)C(C(=O)O)(C1=Nc2ccccc2Oc2ccccc21)C1CNCCN1. The van der Waals surface area contributed by atoms with E-state index >= 15 is 0 Å². The molecule has 2 aromatic rings. The summed E-state index contributed by atoms with van der Waals surface area (Å²) in [7, 11) is 0. The van der Waals surface area contributed by atoms with Gasteiger partial charge in [-0.25, -0.2) is 4.99 Å². The highest BCUT2D eigenvalue weighted by Crippen LogP contribution is 2.44. The monoisotopic (exact) mass is 399 g/mol. The molecule has 0 aromatic heterocycles. The van der Waals surface area contributed by atoms with Crippen molar-refractivity contribution in [3.8, 4) is 11.5 Å². The van der Waals surface area contributed by atoms with Crippen LogP contribution in [0.1, 0.15) is 12.5 Å². The molecule has 1 saturated heterocycles. The predicted molar refractivity (Wildman–Crippen MR) is 109 cm³/mol. The van der Waals surface area contributed by atoms with Gasteiger partial charge in [-0.1, -0.05) is 24.3 Å². The third-order valence-corrected chi connectivity index (χ3v) is 5.77. The summed E-state index contributed by atoms with van der Waals surface area (Å²) in [5.74, 6) is 0.142. The number of aliphatic carboxylic acids is 1. The summed E-state index contributed by atoms with van der Waals surface area (Å²) in [4.78, 5) is 17.7. The van der Waals surface area contributed by atoms with Gasteiger partial charge in [0.2, 0.25) is 0 Å². The van der Waals surface area contributed by atoms with Crippen LogP contribution in [0.2, 0.25) is 0 Å². The van der Waals surface area contributed by atoms with Crippen molar-refractivity contribution in [3.05, 3.63) is 54.1 Å². The van der Waals surface area contributed by atoms with Crippen molar-refractivity contribution in [2.45, 2.75) is 18.3 Å². The number of aliphatic imine (C=N–C) groups is 1. The molecule has 0 radical (unpaired) electrons. The average Bonchev–Trinajstić information content (AvgIpc) is 2.86. The number of para-hydroxylation sites is 3. The standard InChI is InChI=1S/C21H22ClN3O3/c1-13(22)21(20(26)27,18-12-23-10-11-24-18)19-14-6-2-4-8-16(14)28-17-9-5-3-7-15(17)25-19/h2-9,13,18,23-24H,10-12H2,1H3,(H,26,27). The van der Waals surface area contributed by atoms with E-state index in [4.69, 9.17) is 21.3 Å². The molecule has 0 saturated carbocycles. The number of hydrogen-bond acceptors (Lipinski definition) is 5. The minimum atomic E-state index is -1.45. The molecule has 0 spiro atoms. The van der Waals surface area contributed by atoms with Gasteiger partial charge in [-0.05, 0) is 31.2 Å². The number of rotatable bonds is 4. The van der Waals surface area contributed by atoms with E-state index in [1.165, 1.54) is 0 Å². The summed E-state index contributed by atoms with van der Waals surface area (Å²) in [5, 5.41) is 16.4. The van der Waals surface area contributed by atoms with Crippen molar-refractivity contribution in [2.24, 2.45) is 10.4 Å². The van der Waals surface area contributed by atoms with Crippen LogP contribution in [0.4, 0.5) is 5.69 Å². The van der Waals surface area contributed by atoms with E-state index in [1.807, 2.05) is 48.5 Å². The van der Waals surface area contributed by atoms with Crippen LogP contribution in [-0.2, 0) is 4.79 Å². The Hall–Kier alpha value is -2.41. The molecule has 0 amide bonds. The van der Waals surface area contributed by atoms with Crippen molar-refractivity contribution in [2.75, 3.05) is 19.6 Å². The molecule has 3 atom stereocenters. The molecule has 4 rings (SSSR count). The summed E-state index contributed by atoms with van der Waals surface area (Å²) < 4.78 is 6.09. The van der Waals surface area contributed by atoms with Gasteiger partial charge in [0.05, 0.1) is 11.1 Å². The molecular formula is C21H22ClN3O3. The zero-order valence-electron chi connectivity index (χ0n) is 15.5. The number of carbonyl (C=O) groups is 1. The lowest BCUT2D eigenvalue weighted by atomic mass is 9.70. The van der Waals surface area contributed by atoms with Crippen molar-refractivity contribution < 1.29 is 14.6 Å². The molecule has 7 heteroatoms. The summed E-state index contributed by atoms with van der Waals surface area (Å²) in [5.41, 5.74) is 0.178. The highest BCUT2D eigenvalue weighted by molar-refractivity contribution is 6.29. The molecular weight excluding hydrogens is 378 g/mol. The Kier molecular flexibility index (Phi) is 5.10. The first-order chi connectivity index (χ1) is 13.5. The Labute approximate surface area is 168 Å². The molecule has 2 aliphatic rings. The molecule has 6 nitrogen and oxygen atoms in total. The highest BCUT2D eigenvalue weighted by Gasteiger charge is 2.55. The number of benzene rings is 2. The predicted octanol–water partition coefficient (Wildman–Crippen LogP) is 3.17. The maximum absolute atomic E-state index is 12.8. The Bertz CT molecular complexity index is 925. The van der Waals surface area contributed by atoms with Crippen LogP contribution < -0.4 is 15.4 Å². The van der Waals surface area contributed by atoms with Gasteiger partial charge in [-0.2, -0.15) is 0 Å². The second-order valence-electron chi connectivity index (χ2n) is 7.03. The topological polar surface area (TPSA) is 83.0 Å². The largest absolute Gasteiger partial charge is 0.480 e. The number of carboxylic acid groups (broad SMARTS) is 1. The lowest BCUT2D eigenvalue weighted by Gasteiger charge is -2.42. The van der Waals surface area contributed by atoms with Crippen LogP contribution in [0.3, 0.4) is 0 Å². The minimum absolute atomic E-state index is 0.407. The van der Waals surface area contributed by atoms with Gasteiger partial charge in [0.1, 0.15) is 16.9 Å². The van der Waals surface area contributed by atoms with Gasteiger partial charge in [0, 0.05) is 31.2 Å². The number of nitrogens with zero attached hydrogens (tertiary/aromatic N) is 1. The van der Waals surface area contributed by atoms with Gasteiger partial charge in [0.15, 0.2) is 5.75 Å². The first-order valence-electron chi connectivity index (χ1n) is 9.32. The third kappa shape index (κ3) is 2.98. The van der Waals surface area contributed by atoms with Crippen LogP contribution in [0.5, 0.6) is 11.5 Å². The van der Waals surface area contributed by atoms with Gasteiger partial charge < -0.3 is 20.5 Å². The maximum atomic E-state index is 12.8.